The highest BCUT2D eigenvalue weighted by atomic mass is 35.5. The van der Waals surface area contributed by atoms with Gasteiger partial charge in [-0.15, -0.1) is 0 Å². The summed E-state index contributed by atoms with van der Waals surface area (Å²) >= 11 is 11.8. The zero-order valence-corrected chi connectivity index (χ0v) is 15.3. The Labute approximate surface area is 150 Å². The molecule has 0 unspecified atom stereocenters. The zero-order valence-electron chi connectivity index (χ0n) is 13.0. The number of sulfonamides is 1. The number of rotatable bonds is 5. The molecule has 0 amide bonds. The van der Waals surface area contributed by atoms with Crippen molar-refractivity contribution >= 4 is 39.2 Å². The molecule has 0 bridgehead atoms. The molecule has 2 aromatic carbocycles. The minimum atomic E-state index is -3.62. The van der Waals surface area contributed by atoms with Crippen LogP contribution >= 0.6 is 23.2 Å². The molecule has 0 aliphatic carbocycles. The highest BCUT2D eigenvalue weighted by Crippen LogP contribution is 2.22. The second-order valence-corrected chi connectivity index (χ2v) is 8.12. The number of halogens is 2. The van der Waals surface area contributed by atoms with Crippen LogP contribution in [0.3, 0.4) is 0 Å². The second-order valence-electron chi connectivity index (χ2n) is 5.13. The van der Waals surface area contributed by atoms with E-state index in [1.807, 2.05) is 0 Å². The Morgan fingerprint density at radius 3 is 2.46 bits per heavy atom. The van der Waals surface area contributed by atoms with E-state index in [9.17, 15) is 13.2 Å². The minimum absolute atomic E-state index is 0.0199. The number of benzene rings is 2. The van der Waals surface area contributed by atoms with E-state index in [1.54, 1.807) is 18.2 Å². The number of esters is 1. The molecule has 0 spiro atoms. The fourth-order valence-electron chi connectivity index (χ4n) is 1.86. The van der Waals surface area contributed by atoms with Gasteiger partial charge in [-0.05, 0) is 30.3 Å². The maximum absolute atomic E-state index is 12.1. The fourth-order valence-corrected chi connectivity index (χ4v) is 3.27. The molecular formula is C16H15Cl2NO4S. The highest BCUT2D eigenvalue weighted by molar-refractivity contribution is 7.89. The van der Waals surface area contributed by atoms with Crippen molar-refractivity contribution in [2.45, 2.75) is 11.5 Å². The summed E-state index contributed by atoms with van der Waals surface area (Å²) < 4.78 is 30.5. The van der Waals surface area contributed by atoms with Gasteiger partial charge < -0.3 is 4.74 Å². The topological polar surface area (TPSA) is 63.7 Å². The van der Waals surface area contributed by atoms with E-state index < -0.39 is 16.0 Å². The van der Waals surface area contributed by atoms with Crippen molar-refractivity contribution in [3.05, 3.63) is 63.6 Å². The molecule has 0 aliphatic rings. The first kappa shape index (κ1) is 18.7. The summed E-state index contributed by atoms with van der Waals surface area (Å²) in [5.74, 6) is -0.642. The molecule has 0 N–H and O–H groups in total. The number of ether oxygens (including phenoxy) is 1. The SMILES string of the molecule is CN(C)S(=O)(=O)c1cccc(C(=O)OCc2ccc(Cl)cc2Cl)c1. The first-order valence-electron chi connectivity index (χ1n) is 6.85. The van der Waals surface area contributed by atoms with E-state index in [1.165, 1.54) is 38.4 Å². The van der Waals surface area contributed by atoms with Gasteiger partial charge in [0.1, 0.15) is 6.61 Å². The van der Waals surface area contributed by atoms with Crippen molar-refractivity contribution in [1.29, 1.82) is 0 Å². The van der Waals surface area contributed by atoms with Crippen LogP contribution in [-0.2, 0) is 21.4 Å². The van der Waals surface area contributed by atoms with E-state index in [0.29, 0.717) is 15.6 Å². The lowest BCUT2D eigenvalue weighted by molar-refractivity contribution is 0.0472. The Balaban J connectivity index is 2.16. The van der Waals surface area contributed by atoms with Crippen LogP contribution in [0, 0.1) is 0 Å². The van der Waals surface area contributed by atoms with Crippen LogP contribution in [0.4, 0.5) is 0 Å². The van der Waals surface area contributed by atoms with Crippen molar-refractivity contribution in [3.63, 3.8) is 0 Å². The first-order valence-corrected chi connectivity index (χ1v) is 9.05. The van der Waals surface area contributed by atoms with Crippen LogP contribution in [0.25, 0.3) is 0 Å². The molecule has 128 valence electrons. The van der Waals surface area contributed by atoms with Gasteiger partial charge in [0.05, 0.1) is 10.5 Å². The molecule has 0 saturated carbocycles. The summed E-state index contributed by atoms with van der Waals surface area (Å²) in [5, 5.41) is 0.871. The summed E-state index contributed by atoms with van der Waals surface area (Å²) in [6, 6.07) is 10.5. The van der Waals surface area contributed by atoms with Gasteiger partial charge in [0.25, 0.3) is 0 Å². The van der Waals surface area contributed by atoms with Crippen molar-refractivity contribution < 1.29 is 17.9 Å². The number of hydrogen-bond acceptors (Lipinski definition) is 4. The third-order valence-corrected chi connectivity index (χ3v) is 5.62. The molecule has 2 aromatic rings. The van der Waals surface area contributed by atoms with E-state index in [2.05, 4.69) is 0 Å². The predicted molar refractivity (Wildman–Crippen MR) is 92.9 cm³/mol. The molecule has 5 nitrogen and oxygen atoms in total. The Morgan fingerprint density at radius 1 is 1.12 bits per heavy atom. The minimum Gasteiger partial charge on any atom is -0.457 e. The van der Waals surface area contributed by atoms with Crippen molar-refractivity contribution in [2.24, 2.45) is 0 Å². The van der Waals surface area contributed by atoms with Gasteiger partial charge in [-0.2, -0.15) is 0 Å². The van der Waals surface area contributed by atoms with Gasteiger partial charge in [0.15, 0.2) is 0 Å². The van der Waals surface area contributed by atoms with Crippen LogP contribution < -0.4 is 0 Å². The molecule has 0 aliphatic heterocycles. The van der Waals surface area contributed by atoms with Crippen LogP contribution in [0.2, 0.25) is 10.0 Å². The lowest BCUT2D eigenvalue weighted by Crippen LogP contribution is -2.22. The van der Waals surface area contributed by atoms with Gasteiger partial charge in [-0.25, -0.2) is 17.5 Å². The smallest absolute Gasteiger partial charge is 0.338 e. The number of carbonyl (C=O) groups excluding carboxylic acids is 1. The summed E-state index contributed by atoms with van der Waals surface area (Å²) in [6.45, 7) is -0.0422. The Morgan fingerprint density at radius 2 is 1.83 bits per heavy atom. The third kappa shape index (κ3) is 4.27. The summed E-state index contributed by atoms with van der Waals surface area (Å²) in [5.41, 5.74) is 0.745. The largest absolute Gasteiger partial charge is 0.457 e. The number of nitrogens with zero attached hydrogens (tertiary/aromatic N) is 1. The van der Waals surface area contributed by atoms with E-state index in [4.69, 9.17) is 27.9 Å². The zero-order chi connectivity index (χ0) is 17.9. The lowest BCUT2D eigenvalue weighted by Gasteiger charge is -2.12. The third-order valence-electron chi connectivity index (χ3n) is 3.22. The Bertz CT molecular complexity index is 866. The van der Waals surface area contributed by atoms with Gasteiger partial charge in [-0.1, -0.05) is 35.3 Å². The van der Waals surface area contributed by atoms with Gasteiger partial charge in [-0.3, -0.25) is 0 Å². The van der Waals surface area contributed by atoms with Crippen LogP contribution in [0.5, 0.6) is 0 Å². The van der Waals surface area contributed by atoms with Crippen LogP contribution in [0.1, 0.15) is 15.9 Å². The maximum atomic E-state index is 12.1. The molecule has 0 saturated heterocycles. The Hall–Kier alpha value is -1.60. The number of hydrogen-bond donors (Lipinski definition) is 0. The molecule has 2 rings (SSSR count). The van der Waals surface area contributed by atoms with Gasteiger partial charge in [0.2, 0.25) is 10.0 Å². The molecule has 0 aromatic heterocycles. The molecule has 0 radical (unpaired) electrons. The monoisotopic (exact) mass is 387 g/mol. The highest BCUT2D eigenvalue weighted by Gasteiger charge is 2.19. The summed E-state index contributed by atoms with van der Waals surface area (Å²) in [7, 11) is -0.783. The van der Waals surface area contributed by atoms with Gasteiger partial charge >= 0.3 is 5.97 Å². The van der Waals surface area contributed by atoms with Crippen molar-refractivity contribution in [2.75, 3.05) is 14.1 Å². The quantitative estimate of drug-likeness (QED) is 0.735. The normalized spacial score (nSPS) is 11.5. The average Bonchev–Trinajstić information content (AvgIpc) is 2.53. The number of carbonyl (C=O) groups is 1. The van der Waals surface area contributed by atoms with E-state index in [-0.39, 0.29) is 17.1 Å². The molecule has 0 fully saturated rings. The molecule has 8 heteroatoms. The average molecular weight is 388 g/mol. The van der Waals surface area contributed by atoms with E-state index in [0.717, 1.165) is 4.31 Å². The maximum Gasteiger partial charge on any atom is 0.338 e. The fraction of sp³-hybridized carbons (Fsp3) is 0.188. The molecule has 0 atom stereocenters. The summed E-state index contributed by atoms with van der Waals surface area (Å²) in [4.78, 5) is 12.2. The summed E-state index contributed by atoms with van der Waals surface area (Å²) in [6.07, 6.45) is 0. The standard InChI is InChI=1S/C16H15Cl2NO4S/c1-19(2)24(21,22)14-5-3-4-11(8-14)16(20)23-10-12-6-7-13(17)9-15(12)18/h3-9H,10H2,1-2H3. The van der Waals surface area contributed by atoms with Crippen molar-refractivity contribution in [1.82, 2.24) is 4.31 Å². The lowest BCUT2D eigenvalue weighted by atomic mass is 10.2. The van der Waals surface area contributed by atoms with Crippen LogP contribution in [0.15, 0.2) is 47.4 Å². The first-order chi connectivity index (χ1) is 11.2. The van der Waals surface area contributed by atoms with Crippen LogP contribution in [-0.4, -0.2) is 32.8 Å². The van der Waals surface area contributed by atoms with Gasteiger partial charge in [0, 0.05) is 29.7 Å². The predicted octanol–water partition coefficient (Wildman–Crippen LogP) is 3.60. The molecule has 0 heterocycles. The van der Waals surface area contributed by atoms with E-state index >= 15 is 0 Å². The molecular weight excluding hydrogens is 373 g/mol. The van der Waals surface area contributed by atoms with Crippen molar-refractivity contribution in [3.8, 4) is 0 Å². The molecule has 24 heavy (non-hydrogen) atoms. The second kappa shape index (κ2) is 7.53. The Kier molecular flexibility index (Phi) is 5.87.